The molecule has 0 bridgehead atoms. The highest BCUT2D eigenvalue weighted by Crippen LogP contribution is 2.42. The van der Waals surface area contributed by atoms with Gasteiger partial charge in [-0.1, -0.05) is 38.5 Å². The summed E-state index contributed by atoms with van der Waals surface area (Å²) in [7, 11) is -13.9. The molecule has 0 aliphatic carbocycles. The van der Waals surface area contributed by atoms with Gasteiger partial charge < -0.3 is 10.4 Å². The number of sulfonamides is 1. The molecule has 2 rings (SSSR count). The van der Waals surface area contributed by atoms with Crippen molar-refractivity contribution < 1.29 is 44.3 Å². The van der Waals surface area contributed by atoms with Crippen molar-refractivity contribution in [2.24, 2.45) is 0 Å². The quantitative estimate of drug-likeness (QED) is 0.113. The Hall–Kier alpha value is -2.56. The van der Waals surface area contributed by atoms with Crippen molar-refractivity contribution in [1.29, 1.82) is 0 Å². The largest absolute Gasteiger partial charge is 0.481 e. The first kappa shape index (κ1) is 32.7. The van der Waals surface area contributed by atoms with Gasteiger partial charge in [-0.15, -0.1) is 0 Å². The van der Waals surface area contributed by atoms with Crippen LogP contribution in [0.25, 0.3) is 10.8 Å². The smallest absolute Gasteiger partial charge is 0.303 e. The molecule has 0 aliphatic heterocycles. The van der Waals surface area contributed by atoms with Crippen LogP contribution in [-0.4, -0.2) is 64.3 Å². The zero-order valence-electron chi connectivity index (χ0n) is 21.9. The summed E-state index contributed by atoms with van der Waals surface area (Å²) in [6, 6.07) is 5.04. The number of anilines is 1. The maximum atomic E-state index is 13.2. The van der Waals surface area contributed by atoms with E-state index in [9.17, 15) is 34.6 Å². The van der Waals surface area contributed by atoms with Gasteiger partial charge in [0.15, 0.2) is 0 Å². The van der Waals surface area contributed by atoms with Crippen molar-refractivity contribution in [3.05, 3.63) is 42.0 Å². The van der Waals surface area contributed by atoms with E-state index in [0.717, 1.165) is 6.07 Å². The SMILES string of the molecule is C=C(C)C(C)(C)c1c(NCCCCCC(=O)O)ccc2c(S(=O)(=O)NCCS(=O)(=O)O)cc(S(=O)(=O)O)cc12. The van der Waals surface area contributed by atoms with Gasteiger partial charge in [-0.25, -0.2) is 13.1 Å². The normalized spacial score (nSPS) is 12.9. The van der Waals surface area contributed by atoms with E-state index in [1.54, 1.807) is 13.0 Å². The van der Waals surface area contributed by atoms with Crippen molar-refractivity contribution in [2.45, 2.75) is 61.7 Å². The van der Waals surface area contributed by atoms with Gasteiger partial charge in [0.2, 0.25) is 10.0 Å². The van der Waals surface area contributed by atoms with Crippen LogP contribution in [-0.2, 0) is 40.5 Å². The monoisotopic (exact) mass is 606 g/mol. The molecular weight excluding hydrogens is 572 g/mol. The van der Waals surface area contributed by atoms with Gasteiger partial charge in [-0.05, 0) is 48.9 Å². The number of rotatable bonds is 15. The molecule has 0 aromatic heterocycles. The summed E-state index contributed by atoms with van der Waals surface area (Å²) in [5.41, 5.74) is 0.928. The zero-order chi connectivity index (χ0) is 29.8. The van der Waals surface area contributed by atoms with Gasteiger partial charge in [0.25, 0.3) is 20.2 Å². The van der Waals surface area contributed by atoms with E-state index in [-0.39, 0.29) is 17.2 Å². The van der Waals surface area contributed by atoms with E-state index in [1.807, 2.05) is 18.6 Å². The second-order valence-electron chi connectivity index (χ2n) is 9.70. The molecule has 0 amide bonds. The van der Waals surface area contributed by atoms with Crippen LogP contribution in [0.4, 0.5) is 5.69 Å². The number of carbonyl (C=O) groups is 1. The standard InChI is InChI=1S/C24H34N2O10S3/c1-16(2)24(3,4)23-19-14-17(39(34,35)36)15-21(38(32,33)26-12-13-37(29,30)31)18(19)9-10-20(23)25-11-7-5-6-8-22(27)28/h9-10,14-15,25-26H,1,5-8,11-13H2,2-4H3,(H,27,28)(H,29,30,31)(H,34,35,36). The van der Waals surface area contributed by atoms with Crippen molar-refractivity contribution in [3.8, 4) is 0 Å². The molecule has 0 spiro atoms. The Morgan fingerprint density at radius 1 is 0.949 bits per heavy atom. The first-order valence-corrected chi connectivity index (χ1v) is 16.5. The molecule has 15 heteroatoms. The summed E-state index contributed by atoms with van der Waals surface area (Å²) in [6.45, 7) is 9.21. The van der Waals surface area contributed by atoms with E-state index in [1.165, 1.54) is 12.1 Å². The van der Waals surface area contributed by atoms with E-state index in [2.05, 4.69) is 11.9 Å². The molecule has 0 unspecified atom stereocenters. The molecule has 0 aliphatic rings. The summed E-state index contributed by atoms with van der Waals surface area (Å²) >= 11 is 0. The van der Waals surface area contributed by atoms with E-state index >= 15 is 0 Å². The molecule has 218 valence electrons. The van der Waals surface area contributed by atoms with Crippen LogP contribution in [0.5, 0.6) is 0 Å². The summed E-state index contributed by atoms with van der Waals surface area (Å²) in [6.07, 6.45) is 1.84. The topological polar surface area (TPSA) is 204 Å². The fourth-order valence-corrected chi connectivity index (χ4v) is 6.34. The molecule has 39 heavy (non-hydrogen) atoms. The third-order valence-electron chi connectivity index (χ3n) is 6.39. The van der Waals surface area contributed by atoms with Crippen LogP contribution in [0, 0.1) is 0 Å². The van der Waals surface area contributed by atoms with Crippen molar-refractivity contribution in [2.75, 3.05) is 24.2 Å². The van der Waals surface area contributed by atoms with Crippen LogP contribution >= 0.6 is 0 Å². The van der Waals surface area contributed by atoms with Crippen LogP contribution in [0.15, 0.2) is 46.2 Å². The fourth-order valence-electron chi connectivity index (χ4n) is 3.96. The maximum absolute atomic E-state index is 13.2. The number of carboxylic acid groups (broad SMARTS) is 1. The van der Waals surface area contributed by atoms with E-state index < -0.39 is 63.7 Å². The average Bonchev–Trinajstić information content (AvgIpc) is 2.78. The van der Waals surface area contributed by atoms with Gasteiger partial charge in [-0.3, -0.25) is 13.9 Å². The van der Waals surface area contributed by atoms with Crippen LogP contribution < -0.4 is 10.0 Å². The Morgan fingerprint density at radius 2 is 1.59 bits per heavy atom. The minimum Gasteiger partial charge on any atom is -0.481 e. The molecule has 5 N–H and O–H groups in total. The summed E-state index contributed by atoms with van der Waals surface area (Å²) in [4.78, 5) is 9.53. The maximum Gasteiger partial charge on any atom is 0.303 e. The van der Waals surface area contributed by atoms with Crippen molar-refractivity contribution in [1.82, 2.24) is 4.72 Å². The molecule has 2 aromatic rings. The highest BCUT2D eigenvalue weighted by atomic mass is 32.2. The molecule has 0 radical (unpaired) electrons. The third-order valence-corrected chi connectivity index (χ3v) is 9.44. The van der Waals surface area contributed by atoms with Crippen molar-refractivity contribution in [3.63, 3.8) is 0 Å². The number of carboxylic acids is 1. The summed E-state index contributed by atoms with van der Waals surface area (Å²) < 4.78 is 93.6. The lowest BCUT2D eigenvalue weighted by Gasteiger charge is -2.31. The Morgan fingerprint density at radius 3 is 2.13 bits per heavy atom. The lowest BCUT2D eigenvalue weighted by atomic mass is 9.76. The molecule has 0 heterocycles. The molecule has 0 atom stereocenters. The predicted octanol–water partition coefficient (Wildman–Crippen LogP) is 3.16. The number of unbranched alkanes of at least 4 members (excludes halogenated alkanes) is 2. The Bertz CT molecular complexity index is 1580. The number of hydrogen-bond acceptors (Lipinski definition) is 8. The molecule has 2 aromatic carbocycles. The van der Waals surface area contributed by atoms with Gasteiger partial charge in [-0.2, -0.15) is 16.8 Å². The summed E-state index contributed by atoms with van der Waals surface area (Å²) in [5, 5.41) is 12.4. The molecule has 0 saturated carbocycles. The number of allylic oxidation sites excluding steroid dienone is 1. The highest BCUT2D eigenvalue weighted by Gasteiger charge is 2.30. The second-order valence-corrected chi connectivity index (χ2v) is 14.4. The molecule has 12 nitrogen and oxygen atoms in total. The first-order valence-electron chi connectivity index (χ1n) is 11.9. The minimum atomic E-state index is -4.87. The lowest BCUT2D eigenvalue weighted by molar-refractivity contribution is -0.137. The number of nitrogens with one attached hydrogen (secondary N) is 2. The van der Waals surface area contributed by atoms with Gasteiger partial charge in [0, 0.05) is 36.0 Å². The third kappa shape index (κ3) is 8.71. The Labute approximate surface area is 229 Å². The number of fused-ring (bicyclic) bond motifs is 1. The summed E-state index contributed by atoms with van der Waals surface area (Å²) in [5.74, 6) is -1.78. The lowest BCUT2D eigenvalue weighted by Crippen LogP contribution is -2.29. The number of hydrogen-bond donors (Lipinski definition) is 5. The van der Waals surface area contributed by atoms with Gasteiger partial charge >= 0.3 is 5.97 Å². The fraction of sp³-hybridized carbons (Fsp3) is 0.458. The molecule has 0 saturated heterocycles. The number of aliphatic carboxylic acids is 1. The van der Waals surface area contributed by atoms with Crippen LogP contribution in [0.3, 0.4) is 0 Å². The minimum absolute atomic E-state index is 0.0534. The van der Waals surface area contributed by atoms with Gasteiger partial charge in [0.05, 0.1) is 15.5 Å². The molecular formula is C24H34N2O10S3. The Balaban J connectivity index is 2.73. The zero-order valence-corrected chi connectivity index (χ0v) is 24.3. The molecule has 0 fully saturated rings. The average molecular weight is 607 g/mol. The second kappa shape index (κ2) is 12.3. The van der Waals surface area contributed by atoms with E-state index in [4.69, 9.17) is 9.66 Å². The van der Waals surface area contributed by atoms with Crippen molar-refractivity contribution >= 4 is 52.7 Å². The first-order chi connectivity index (χ1) is 17.8. The predicted molar refractivity (Wildman–Crippen MR) is 148 cm³/mol. The number of benzene rings is 2. The van der Waals surface area contributed by atoms with Crippen LogP contribution in [0.2, 0.25) is 0 Å². The van der Waals surface area contributed by atoms with E-state index in [0.29, 0.717) is 42.6 Å². The van der Waals surface area contributed by atoms with Crippen LogP contribution in [0.1, 0.15) is 52.0 Å². The highest BCUT2D eigenvalue weighted by molar-refractivity contribution is 7.90. The Kier molecular flexibility index (Phi) is 10.3. The van der Waals surface area contributed by atoms with Gasteiger partial charge in [0.1, 0.15) is 0 Å².